The number of nitrogens with zero attached hydrogens (tertiary/aromatic N) is 1. The van der Waals surface area contributed by atoms with Gasteiger partial charge in [0.25, 0.3) is 5.91 Å². The zero-order valence-electron chi connectivity index (χ0n) is 19.4. The molecule has 180 valence electrons. The van der Waals surface area contributed by atoms with E-state index in [9.17, 15) is 19.5 Å². The van der Waals surface area contributed by atoms with Crippen LogP contribution in [-0.2, 0) is 9.53 Å². The van der Waals surface area contributed by atoms with Gasteiger partial charge in [-0.2, -0.15) is 0 Å². The fourth-order valence-corrected chi connectivity index (χ4v) is 4.32. The first-order valence-electron chi connectivity index (χ1n) is 11.6. The molecular weight excluding hydrogens is 446 g/mol. The van der Waals surface area contributed by atoms with Gasteiger partial charge < -0.3 is 15.2 Å². The van der Waals surface area contributed by atoms with Gasteiger partial charge in [0.15, 0.2) is 5.69 Å². The van der Waals surface area contributed by atoms with Gasteiger partial charge in [-0.3, -0.25) is 10.1 Å². The minimum Gasteiger partial charge on any atom is -0.480 e. The van der Waals surface area contributed by atoms with Crippen LogP contribution in [0.3, 0.4) is 0 Å². The molecule has 0 saturated carbocycles. The Bertz CT molecular complexity index is 1200. The van der Waals surface area contributed by atoms with Crippen LogP contribution in [0.1, 0.15) is 53.7 Å². The third kappa shape index (κ3) is 5.32. The van der Waals surface area contributed by atoms with E-state index in [-0.39, 0.29) is 23.9 Å². The predicted molar refractivity (Wildman–Crippen MR) is 131 cm³/mol. The van der Waals surface area contributed by atoms with E-state index in [4.69, 9.17) is 4.74 Å². The van der Waals surface area contributed by atoms with Crippen molar-refractivity contribution >= 4 is 23.7 Å². The molecule has 0 unspecified atom stereocenters. The molecule has 1 aromatic heterocycles. The normalized spacial score (nSPS) is 12.8. The molecule has 2 amide bonds. The second-order valence-corrected chi connectivity index (χ2v) is 8.36. The summed E-state index contributed by atoms with van der Waals surface area (Å²) in [5.41, 5.74) is 4.49. The number of hydrogen-bond acceptors (Lipinski definition) is 5. The van der Waals surface area contributed by atoms with Crippen LogP contribution in [0.5, 0.6) is 0 Å². The van der Waals surface area contributed by atoms with Crippen LogP contribution < -0.4 is 10.6 Å². The number of rotatable bonds is 9. The highest BCUT2D eigenvalue weighted by Gasteiger charge is 2.29. The monoisotopic (exact) mass is 473 g/mol. The van der Waals surface area contributed by atoms with Gasteiger partial charge in [0.05, 0.1) is 5.69 Å². The smallest absolute Gasteiger partial charge is 0.411 e. The maximum absolute atomic E-state index is 12.7. The summed E-state index contributed by atoms with van der Waals surface area (Å²) in [4.78, 5) is 40.9. The van der Waals surface area contributed by atoms with Gasteiger partial charge in [-0.25, -0.2) is 14.6 Å². The number of anilines is 1. The number of ether oxygens (including phenoxy) is 1. The number of aromatic nitrogens is 1. The first kappa shape index (κ1) is 23.9. The van der Waals surface area contributed by atoms with Gasteiger partial charge in [0.2, 0.25) is 0 Å². The maximum Gasteiger partial charge on any atom is 0.411 e. The molecule has 35 heavy (non-hydrogen) atoms. The molecule has 0 saturated heterocycles. The van der Waals surface area contributed by atoms with E-state index < -0.39 is 24.0 Å². The largest absolute Gasteiger partial charge is 0.480 e. The fourth-order valence-electron chi connectivity index (χ4n) is 4.32. The summed E-state index contributed by atoms with van der Waals surface area (Å²) >= 11 is 0. The average molecular weight is 474 g/mol. The Morgan fingerprint density at radius 2 is 1.66 bits per heavy atom. The van der Waals surface area contributed by atoms with Gasteiger partial charge in [0.1, 0.15) is 12.6 Å². The van der Waals surface area contributed by atoms with Gasteiger partial charge >= 0.3 is 12.1 Å². The molecule has 4 rings (SSSR count). The molecule has 8 nitrogen and oxygen atoms in total. The maximum atomic E-state index is 12.7. The summed E-state index contributed by atoms with van der Waals surface area (Å²) in [5.74, 6) is -1.89. The predicted octanol–water partition coefficient (Wildman–Crippen LogP) is 4.82. The summed E-state index contributed by atoms with van der Waals surface area (Å²) in [6.07, 6.45) is 2.44. The van der Waals surface area contributed by atoms with Crippen LogP contribution in [0.15, 0.2) is 66.9 Å². The molecule has 3 aromatic rings. The molecule has 0 aliphatic heterocycles. The molecule has 1 aliphatic carbocycles. The Labute approximate surface area is 203 Å². The minimum absolute atomic E-state index is 0.0799. The van der Waals surface area contributed by atoms with Crippen LogP contribution in [0.4, 0.5) is 10.5 Å². The Morgan fingerprint density at radius 3 is 2.29 bits per heavy atom. The molecule has 1 atom stereocenters. The third-order valence-corrected chi connectivity index (χ3v) is 6.05. The summed E-state index contributed by atoms with van der Waals surface area (Å²) in [6.45, 7) is 2.07. The van der Waals surface area contributed by atoms with Crippen LogP contribution in [0, 0.1) is 0 Å². The van der Waals surface area contributed by atoms with Crippen molar-refractivity contribution in [3.63, 3.8) is 0 Å². The Balaban J connectivity index is 1.43. The van der Waals surface area contributed by atoms with E-state index in [0.717, 1.165) is 28.7 Å². The van der Waals surface area contributed by atoms with E-state index >= 15 is 0 Å². The molecule has 1 heterocycles. The number of fused-ring (bicyclic) bond motifs is 3. The standard InChI is InChI=1S/C27H27N3O5/c1-2-3-13-23(26(32)33)29-25(31)24-22(14-8-15-28-24)30-27(34)35-16-21-19-11-6-4-9-17(19)18-10-5-7-12-20(18)21/h4-12,14-15,21,23H,2-3,13,16H2,1H3,(H,29,31)(H,30,34)(H,32,33)/t23-/m0/s1. The summed E-state index contributed by atoms with van der Waals surface area (Å²) in [7, 11) is 0. The highest BCUT2D eigenvalue weighted by atomic mass is 16.5. The first-order chi connectivity index (χ1) is 17.0. The molecule has 0 bridgehead atoms. The van der Waals surface area contributed by atoms with Crippen molar-refractivity contribution in [2.75, 3.05) is 11.9 Å². The highest BCUT2D eigenvalue weighted by Crippen LogP contribution is 2.44. The van der Waals surface area contributed by atoms with Gasteiger partial charge in [-0.05, 0) is 40.8 Å². The Morgan fingerprint density at radius 1 is 1.00 bits per heavy atom. The zero-order valence-corrected chi connectivity index (χ0v) is 19.4. The summed E-state index contributed by atoms with van der Waals surface area (Å²) in [5, 5.41) is 14.5. The van der Waals surface area contributed by atoms with Crippen molar-refractivity contribution in [2.24, 2.45) is 0 Å². The molecule has 1 aliphatic rings. The number of pyridine rings is 1. The molecule has 0 radical (unpaired) electrons. The van der Waals surface area contributed by atoms with E-state index in [1.807, 2.05) is 43.3 Å². The van der Waals surface area contributed by atoms with Crippen molar-refractivity contribution in [3.8, 4) is 11.1 Å². The van der Waals surface area contributed by atoms with Crippen LogP contribution in [0.2, 0.25) is 0 Å². The molecule has 0 spiro atoms. The second kappa shape index (κ2) is 10.8. The first-order valence-corrected chi connectivity index (χ1v) is 11.6. The SMILES string of the molecule is CCCC[C@H](NC(=O)c1ncccc1NC(=O)OCC1c2ccccc2-c2ccccc21)C(=O)O. The quantitative estimate of drug-likeness (QED) is 0.410. The summed E-state index contributed by atoms with van der Waals surface area (Å²) in [6, 6.07) is 18.1. The topological polar surface area (TPSA) is 118 Å². The van der Waals surface area contributed by atoms with Crippen molar-refractivity contribution in [2.45, 2.75) is 38.1 Å². The van der Waals surface area contributed by atoms with Crippen molar-refractivity contribution in [1.29, 1.82) is 0 Å². The molecule has 2 aromatic carbocycles. The van der Waals surface area contributed by atoms with E-state index in [2.05, 4.69) is 27.8 Å². The van der Waals surface area contributed by atoms with E-state index in [1.165, 1.54) is 12.3 Å². The molecular formula is C27H27N3O5. The highest BCUT2D eigenvalue weighted by molar-refractivity contribution is 6.02. The lowest BCUT2D eigenvalue weighted by molar-refractivity contribution is -0.139. The third-order valence-electron chi connectivity index (χ3n) is 6.05. The van der Waals surface area contributed by atoms with Crippen molar-refractivity contribution in [1.82, 2.24) is 10.3 Å². The molecule has 8 heteroatoms. The average Bonchev–Trinajstić information content (AvgIpc) is 3.19. The lowest BCUT2D eigenvalue weighted by Crippen LogP contribution is -2.41. The molecule has 3 N–H and O–H groups in total. The number of carboxylic acid groups (broad SMARTS) is 1. The lowest BCUT2D eigenvalue weighted by Gasteiger charge is -2.16. The van der Waals surface area contributed by atoms with Gasteiger partial charge in [-0.1, -0.05) is 68.3 Å². The number of hydrogen-bond donors (Lipinski definition) is 3. The number of amides is 2. The second-order valence-electron chi connectivity index (χ2n) is 8.36. The van der Waals surface area contributed by atoms with Crippen molar-refractivity contribution in [3.05, 3.63) is 83.7 Å². The number of carbonyl (C=O) groups excluding carboxylic acids is 2. The Kier molecular flexibility index (Phi) is 7.40. The molecule has 0 fully saturated rings. The number of carbonyl (C=O) groups is 3. The van der Waals surface area contributed by atoms with E-state index in [0.29, 0.717) is 12.8 Å². The minimum atomic E-state index is -1.12. The lowest BCUT2D eigenvalue weighted by atomic mass is 9.98. The zero-order chi connectivity index (χ0) is 24.8. The number of aliphatic carboxylic acids is 1. The van der Waals surface area contributed by atoms with E-state index in [1.54, 1.807) is 6.07 Å². The van der Waals surface area contributed by atoms with Gasteiger partial charge in [-0.15, -0.1) is 0 Å². The fraction of sp³-hybridized carbons (Fsp3) is 0.259. The van der Waals surface area contributed by atoms with Crippen LogP contribution in [0.25, 0.3) is 11.1 Å². The Hall–Kier alpha value is -4.20. The van der Waals surface area contributed by atoms with Crippen LogP contribution >= 0.6 is 0 Å². The number of nitrogens with one attached hydrogen (secondary N) is 2. The van der Waals surface area contributed by atoms with Crippen molar-refractivity contribution < 1.29 is 24.2 Å². The number of carboxylic acids is 1. The summed E-state index contributed by atoms with van der Waals surface area (Å²) < 4.78 is 5.55. The van der Waals surface area contributed by atoms with Crippen LogP contribution in [-0.4, -0.2) is 40.7 Å². The van der Waals surface area contributed by atoms with Gasteiger partial charge in [0, 0.05) is 12.1 Å². The number of unbranched alkanes of at least 4 members (excludes halogenated alkanes) is 1. The number of benzene rings is 2.